The molecule has 1 aliphatic heterocycles. The molecule has 9 heteroatoms. The van der Waals surface area contributed by atoms with Crippen molar-refractivity contribution >= 4 is 9.84 Å². The summed E-state index contributed by atoms with van der Waals surface area (Å²) in [6, 6.07) is 33.3. The standard InChI is InChI=1S/C32H33NO7S/c34-29-31(39-22-26-16-8-3-9-17-26)30(38-21-25-14-6-2-7-15-25)27(23-37-20-24-12-4-1-5-13-24)40-32(29)41(35,36)28-18-10-11-19-33-28/h1-19,27,29-32,34H,20-23H2/t27-,29-,30-,31-,32+/m1/s1. The van der Waals surface area contributed by atoms with Crippen LogP contribution in [0.3, 0.4) is 0 Å². The molecule has 0 unspecified atom stereocenters. The highest BCUT2D eigenvalue weighted by Gasteiger charge is 2.52. The molecule has 41 heavy (non-hydrogen) atoms. The maximum atomic E-state index is 13.7. The van der Waals surface area contributed by atoms with Crippen molar-refractivity contribution in [1.29, 1.82) is 0 Å². The lowest BCUT2D eigenvalue weighted by Crippen LogP contribution is -2.62. The molecule has 1 N–H and O–H groups in total. The highest BCUT2D eigenvalue weighted by Crippen LogP contribution is 2.32. The Labute approximate surface area is 240 Å². The molecule has 2 heterocycles. The first-order chi connectivity index (χ1) is 20.0. The van der Waals surface area contributed by atoms with Gasteiger partial charge in [0.15, 0.2) is 10.5 Å². The van der Waals surface area contributed by atoms with E-state index in [4.69, 9.17) is 18.9 Å². The number of sulfone groups is 1. The molecule has 0 aliphatic carbocycles. The quantitative estimate of drug-likeness (QED) is 0.266. The highest BCUT2D eigenvalue weighted by atomic mass is 32.2. The van der Waals surface area contributed by atoms with Crippen molar-refractivity contribution in [2.75, 3.05) is 6.61 Å². The van der Waals surface area contributed by atoms with E-state index in [9.17, 15) is 13.5 Å². The second kappa shape index (κ2) is 14.0. The number of pyridine rings is 1. The number of aromatic nitrogens is 1. The first-order valence-corrected chi connectivity index (χ1v) is 15.0. The molecule has 0 radical (unpaired) electrons. The summed E-state index contributed by atoms with van der Waals surface area (Å²) in [5, 5.41) is 11.3. The van der Waals surface area contributed by atoms with Crippen LogP contribution in [-0.4, -0.2) is 55.0 Å². The fourth-order valence-electron chi connectivity index (χ4n) is 4.71. The van der Waals surface area contributed by atoms with E-state index in [0.717, 1.165) is 16.7 Å². The van der Waals surface area contributed by atoms with Gasteiger partial charge in [-0.3, -0.25) is 0 Å². The Morgan fingerprint density at radius 1 is 0.683 bits per heavy atom. The molecule has 4 aromatic rings. The number of benzene rings is 3. The van der Waals surface area contributed by atoms with E-state index < -0.39 is 39.7 Å². The molecule has 1 aliphatic rings. The minimum Gasteiger partial charge on any atom is -0.386 e. The molecule has 5 atom stereocenters. The monoisotopic (exact) mass is 575 g/mol. The summed E-state index contributed by atoms with van der Waals surface area (Å²) in [5.74, 6) is 0. The molecule has 5 rings (SSSR count). The van der Waals surface area contributed by atoms with Gasteiger partial charge in [-0.1, -0.05) is 97.1 Å². The van der Waals surface area contributed by atoms with Crippen LogP contribution in [0, 0.1) is 0 Å². The molecule has 8 nitrogen and oxygen atoms in total. The number of nitrogens with zero attached hydrogens (tertiary/aromatic N) is 1. The van der Waals surface area contributed by atoms with Crippen LogP contribution in [0.5, 0.6) is 0 Å². The fraction of sp³-hybridized carbons (Fsp3) is 0.281. The number of aliphatic hydroxyl groups is 1. The van der Waals surface area contributed by atoms with Gasteiger partial charge >= 0.3 is 0 Å². The average Bonchev–Trinajstić information content (AvgIpc) is 3.02. The smallest absolute Gasteiger partial charge is 0.225 e. The molecule has 1 saturated heterocycles. The Bertz CT molecular complexity index is 1440. The maximum absolute atomic E-state index is 13.7. The zero-order chi connectivity index (χ0) is 28.5. The van der Waals surface area contributed by atoms with Crippen LogP contribution in [0.4, 0.5) is 0 Å². The van der Waals surface area contributed by atoms with Crippen LogP contribution in [-0.2, 0) is 48.6 Å². The molecule has 3 aromatic carbocycles. The minimum absolute atomic E-state index is 0.0144. The van der Waals surface area contributed by atoms with Crippen molar-refractivity contribution in [3.63, 3.8) is 0 Å². The van der Waals surface area contributed by atoms with Crippen molar-refractivity contribution in [3.8, 4) is 0 Å². The summed E-state index contributed by atoms with van der Waals surface area (Å²) in [6.07, 6.45) is -2.91. The Morgan fingerprint density at radius 2 is 1.20 bits per heavy atom. The first kappa shape index (κ1) is 29.1. The second-order valence-electron chi connectivity index (χ2n) is 9.77. The highest BCUT2D eigenvalue weighted by molar-refractivity contribution is 7.91. The summed E-state index contributed by atoms with van der Waals surface area (Å²) in [4.78, 5) is 4.02. The lowest BCUT2D eigenvalue weighted by atomic mass is 9.99. The minimum atomic E-state index is -4.20. The van der Waals surface area contributed by atoms with Crippen molar-refractivity contribution < 1.29 is 32.5 Å². The van der Waals surface area contributed by atoms with Gasteiger partial charge in [0, 0.05) is 6.20 Å². The largest absolute Gasteiger partial charge is 0.386 e. The summed E-state index contributed by atoms with van der Waals surface area (Å²) >= 11 is 0. The third kappa shape index (κ3) is 7.45. The van der Waals surface area contributed by atoms with E-state index in [0.29, 0.717) is 6.61 Å². The van der Waals surface area contributed by atoms with Crippen LogP contribution < -0.4 is 0 Å². The lowest BCUT2D eigenvalue weighted by Gasteiger charge is -2.44. The van der Waals surface area contributed by atoms with E-state index in [1.54, 1.807) is 12.1 Å². The number of rotatable bonds is 12. The first-order valence-electron chi connectivity index (χ1n) is 13.4. The Morgan fingerprint density at radius 3 is 1.73 bits per heavy atom. The van der Waals surface area contributed by atoms with E-state index in [1.807, 2.05) is 91.0 Å². The molecule has 0 saturated carbocycles. The third-order valence-corrected chi connectivity index (χ3v) is 8.64. The van der Waals surface area contributed by atoms with Crippen LogP contribution in [0.25, 0.3) is 0 Å². The van der Waals surface area contributed by atoms with Gasteiger partial charge in [-0.2, -0.15) is 0 Å². The van der Waals surface area contributed by atoms with Gasteiger partial charge in [0.05, 0.1) is 26.4 Å². The van der Waals surface area contributed by atoms with Gasteiger partial charge in [-0.05, 0) is 28.8 Å². The molecule has 214 valence electrons. The van der Waals surface area contributed by atoms with Gasteiger partial charge in [0.2, 0.25) is 9.84 Å². The molecule has 0 amide bonds. The van der Waals surface area contributed by atoms with E-state index in [1.165, 1.54) is 12.3 Å². The Balaban J connectivity index is 1.44. The summed E-state index contributed by atoms with van der Waals surface area (Å²) in [5.41, 5.74) is 1.10. The molecular weight excluding hydrogens is 542 g/mol. The van der Waals surface area contributed by atoms with Crippen LogP contribution in [0.15, 0.2) is 120 Å². The predicted octanol–water partition coefficient (Wildman–Crippen LogP) is 4.33. The molecule has 0 bridgehead atoms. The molecule has 1 fully saturated rings. The zero-order valence-corrected chi connectivity index (χ0v) is 23.3. The number of ether oxygens (including phenoxy) is 4. The Hall–Kier alpha value is -3.44. The summed E-state index contributed by atoms with van der Waals surface area (Å²) in [6.45, 7) is 0.656. The van der Waals surface area contributed by atoms with Crippen LogP contribution in [0.2, 0.25) is 0 Å². The molecule has 1 aromatic heterocycles. The molecule has 0 spiro atoms. The number of hydrogen-bond acceptors (Lipinski definition) is 8. The van der Waals surface area contributed by atoms with Gasteiger partial charge in [0.25, 0.3) is 0 Å². The van der Waals surface area contributed by atoms with Crippen LogP contribution in [0.1, 0.15) is 16.7 Å². The van der Waals surface area contributed by atoms with Crippen LogP contribution >= 0.6 is 0 Å². The van der Waals surface area contributed by atoms with Gasteiger partial charge < -0.3 is 24.1 Å². The van der Waals surface area contributed by atoms with Gasteiger partial charge in [0.1, 0.15) is 24.4 Å². The van der Waals surface area contributed by atoms with Gasteiger partial charge in [-0.15, -0.1) is 0 Å². The second-order valence-corrected chi connectivity index (χ2v) is 11.7. The van der Waals surface area contributed by atoms with E-state index in [2.05, 4.69) is 4.98 Å². The topological polar surface area (TPSA) is 104 Å². The van der Waals surface area contributed by atoms with E-state index in [-0.39, 0.29) is 24.8 Å². The maximum Gasteiger partial charge on any atom is 0.225 e. The lowest BCUT2D eigenvalue weighted by molar-refractivity contribution is -0.244. The summed E-state index contributed by atoms with van der Waals surface area (Å²) < 4.78 is 52.0. The number of aliphatic hydroxyl groups excluding tert-OH is 1. The van der Waals surface area contributed by atoms with Crippen molar-refractivity contribution in [2.45, 2.75) is 54.7 Å². The van der Waals surface area contributed by atoms with E-state index >= 15 is 0 Å². The van der Waals surface area contributed by atoms with Crippen molar-refractivity contribution in [1.82, 2.24) is 4.98 Å². The number of hydrogen-bond donors (Lipinski definition) is 1. The van der Waals surface area contributed by atoms with Crippen molar-refractivity contribution in [3.05, 3.63) is 132 Å². The fourth-order valence-corrected chi connectivity index (χ4v) is 6.24. The predicted molar refractivity (Wildman–Crippen MR) is 152 cm³/mol. The SMILES string of the molecule is O=S(=O)(c1ccccn1)[C@@H]1O[C@H](COCc2ccccc2)[C@@H](OCc2ccccc2)[C@H](OCc2ccccc2)[C@H]1O. The molecular formula is C32H33NO7S. The normalized spacial score (nSPS) is 22.8. The average molecular weight is 576 g/mol. The van der Waals surface area contributed by atoms with Crippen molar-refractivity contribution in [2.24, 2.45) is 0 Å². The van der Waals surface area contributed by atoms with Gasteiger partial charge in [-0.25, -0.2) is 13.4 Å². The summed E-state index contributed by atoms with van der Waals surface area (Å²) in [7, 11) is -4.20. The zero-order valence-electron chi connectivity index (χ0n) is 22.4. The third-order valence-electron chi connectivity index (χ3n) is 6.81. The Kier molecular flexibility index (Phi) is 9.89.